The van der Waals surface area contributed by atoms with Crippen molar-refractivity contribution >= 4 is 23.5 Å². The molecule has 3 fully saturated rings. The second-order valence-corrected chi connectivity index (χ2v) is 11.8. The van der Waals surface area contributed by atoms with E-state index in [1.807, 2.05) is 19.1 Å². The third kappa shape index (κ3) is 5.99. The molecule has 0 radical (unpaired) electrons. The quantitative estimate of drug-likeness (QED) is 0.491. The highest BCUT2D eigenvalue weighted by atomic mass is 16.2. The number of likely N-dealkylation sites (N-methyl/N-ethyl adjacent to an activating group) is 1. The van der Waals surface area contributed by atoms with Crippen LogP contribution >= 0.6 is 0 Å². The summed E-state index contributed by atoms with van der Waals surface area (Å²) in [5.41, 5.74) is 8.55. The number of benzene rings is 1. The number of nitrogens with two attached hydrogens (primary N) is 1. The first-order valence-electron chi connectivity index (χ1n) is 14.7. The molecular weight excluding hydrogens is 504 g/mol. The average molecular weight is 547 g/mol. The molecule has 9 heteroatoms. The van der Waals surface area contributed by atoms with Crippen molar-refractivity contribution in [1.29, 1.82) is 0 Å². The molecule has 5 rings (SSSR count). The fraction of sp³-hybridized carbons (Fsp3) is 0.548. The van der Waals surface area contributed by atoms with Gasteiger partial charge in [0.05, 0.1) is 5.56 Å². The molecule has 2 aliphatic heterocycles. The summed E-state index contributed by atoms with van der Waals surface area (Å²) in [6.07, 6.45) is 7.82. The summed E-state index contributed by atoms with van der Waals surface area (Å²) in [6, 6.07) is 7.87. The molecule has 2 saturated heterocycles. The van der Waals surface area contributed by atoms with E-state index in [9.17, 15) is 14.4 Å². The zero-order valence-electron chi connectivity index (χ0n) is 23.9. The molecule has 40 heavy (non-hydrogen) atoms. The van der Waals surface area contributed by atoms with Gasteiger partial charge in [0.25, 0.3) is 11.8 Å². The molecule has 4 N–H and O–H groups in total. The van der Waals surface area contributed by atoms with E-state index in [1.54, 1.807) is 25.3 Å². The van der Waals surface area contributed by atoms with Crippen molar-refractivity contribution in [3.63, 3.8) is 0 Å². The Kier molecular flexibility index (Phi) is 8.40. The molecule has 1 saturated carbocycles. The van der Waals surface area contributed by atoms with Crippen LogP contribution in [-0.4, -0.2) is 71.9 Å². The van der Waals surface area contributed by atoms with Gasteiger partial charge in [-0.05, 0) is 107 Å². The normalized spacial score (nSPS) is 24.8. The second-order valence-electron chi connectivity index (χ2n) is 11.8. The minimum atomic E-state index is -0.484. The van der Waals surface area contributed by atoms with Crippen LogP contribution in [0.1, 0.15) is 87.6 Å². The number of carbonyl (C=O) groups excluding carboxylic acids is 3. The number of rotatable bonds is 7. The lowest BCUT2D eigenvalue weighted by Gasteiger charge is -2.38. The molecule has 3 aliphatic rings. The van der Waals surface area contributed by atoms with Crippen molar-refractivity contribution in [2.75, 3.05) is 31.1 Å². The Bertz CT molecular complexity index is 1260. The Balaban J connectivity index is 1.21. The fourth-order valence-corrected chi connectivity index (χ4v) is 6.90. The molecule has 0 spiro atoms. The van der Waals surface area contributed by atoms with Crippen LogP contribution in [0.3, 0.4) is 0 Å². The van der Waals surface area contributed by atoms with E-state index >= 15 is 0 Å². The Morgan fingerprint density at radius 2 is 1.68 bits per heavy atom. The molecule has 1 aliphatic carbocycles. The number of nitrogens with one attached hydrogen (secondary N) is 2. The summed E-state index contributed by atoms with van der Waals surface area (Å²) in [5.74, 6) is 0.720. The van der Waals surface area contributed by atoms with Gasteiger partial charge in [0.2, 0.25) is 5.91 Å². The predicted octanol–water partition coefficient (Wildman–Crippen LogP) is 3.19. The van der Waals surface area contributed by atoms with Gasteiger partial charge in [-0.25, -0.2) is 4.98 Å². The first kappa shape index (κ1) is 28.1. The molecule has 2 aromatic rings. The van der Waals surface area contributed by atoms with Gasteiger partial charge in [-0.1, -0.05) is 6.92 Å². The number of aromatic nitrogens is 1. The summed E-state index contributed by atoms with van der Waals surface area (Å²) >= 11 is 0. The number of fused-ring (bicyclic) bond motifs is 1. The highest BCUT2D eigenvalue weighted by molar-refractivity contribution is 5.99. The number of hydrogen-bond acceptors (Lipinski definition) is 6. The fourth-order valence-electron chi connectivity index (χ4n) is 6.90. The van der Waals surface area contributed by atoms with Crippen molar-refractivity contribution in [3.8, 4) is 0 Å². The van der Waals surface area contributed by atoms with Gasteiger partial charge in [0.15, 0.2) is 0 Å². The number of amides is 3. The molecule has 4 atom stereocenters. The third-order valence-corrected chi connectivity index (χ3v) is 9.04. The molecule has 3 unspecified atom stereocenters. The summed E-state index contributed by atoms with van der Waals surface area (Å²) in [4.78, 5) is 47.2. The smallest absolute Gasteiger partial charge is 0.253 e. The number of carbonyl (C=O) groups is 3. The van der Waals surface area contributed by atoms with E-state index in [0.717, 1.165) is 76.1 Å². The molecular formula is C31H42N6O3. The highest BCUT2D eigenvalue weighted by Crippen LogP contribution is 2.39. The van der Waals surface area contributed by atoms with Gasteiger partial charge in [0, 0.05) is 48.5 Å². The maximum absolute atomic E-state index is 13.2. The summed E-state index contributed by atoms with van der Waals surface area (Å²) in [7, 11) is 0. The number of piperidine rings is 2. The van der Waals surface area contributed by atoms with Crippen molar-refractivity contribution < 1.29 is 14.4 Å². The van der Waals surface area contributed by atoms with Crippen LogP contribution in [0.2, 0.25) is 0 Å². The first-order valence-corrected chi connectivity index (χ1v) is 14.7. The van der Waals surface area contributed by atoms with Gasteiger partial charge >= 0.3 is 0 Å². The van der Waals surface area contributed by atoms with Crippen LogP contribution in [0.5, 0.6) is 0 Å². The number of likely N-dealkylation sites (tertiary alicyclic amines) is 1. The van der Waals surface area contributed by atoms with Crippen LogP contribution in [-0.2, 0) is 0 Å². The van der Waals surface area contributed by atoms with Crippen molar-refractivity contribution in [3.05, 3.63) is 58.3 Å². The SMILES string of the molecule is CCN1CCC[C@@H](NC(=O)c2ccc(N3CCCC4CC(NC(=O)c5cc(C)c(C(N)=O)cc5C)CC43)nc2)C1. The number of hydrogen-bond donors (Lipinski definition) is 3. The van der Waals surface area contributed by atoms with Crippen molar-refractivity contribution in [1.82, 2.24) is 20.5 Å². The molecule has 1 aromatic heterocycles. The Morgan fingerprint density at radius 1 is 0.950 bits per heavy atom. The average Bonchev–Trinajstić information content (AvgIpc) is 3.36. The highest BCUT2D eigenvalue weighted by Gasteiger charge is 2.41. The van der Waals surface area contributed by atoms with Crippen LogP contribution in [0, 0.1) is 19.8 Å². The number of primary amides is 1. The van der Waals surface area contributed by atoms with Gasteiger partial charge in [-0.2, -0.15) is 0 Å². The Hall–Kier alpha value is -3.46. The van der Waals surface area contributed by atoms with E-state index in [4.69, 9.17) is 10.7 Å². The van der Waals surface area contributed by atoms with Crippen LogP contribution < -0.4 is 21.3 Å². The summed E-state index contributed by atoms with van der Waals surface area (Å²) in [5, 5.41) is 6.44. The largest absolute Gasteiger partial charge is 0.366 e. The summed E-state index contributed by atoms with van der Waals surface area (Å²) in [6.45, 7) is 9.73. The maximum atomic E-state index is 13.2. The van der Waals surface area contributed by atoms with Gasteiger partial charge in [0.1, 0.15) is 5.82 Å². The van der Waals surface area contributed by atoms with E-state index in [2.05, 4.69) is 27.4 Å². The lowest BCUT2D eigenvalue weighted by Crippen LogP contribution is -2.47. The van der Waals surface area contributed by atoms with Gasteiger partial charge in [-0.3, -0.25) is 14.4 Å². The lowest BCUT2D eigenvalue weighted by molar-refractivity contribution is 0.0903. The van der Waals surface area contributed by atoms with E-state index in [0.29, 0.717) is 34.2 Å². The van der Waals surface area contributed by atoms with Crippen molar-refractivity contribution in [2.45, 2.75) is 77.4 Å². The molecule has 3 heterocycles. The summed E-state index contributed by atoms with van der Waals surface area (Å²) < 4.78 is 0. The second kappa shape index (κ2) is 12.0. The maximum Gasteiger partial charge on any atom is 0.253 e. The molecule has 214 valence electrons. The topological polar surface area (TPSA) is 121 Å². The number of nitrogens with zero attached hydrogens (tertiary/aromatic N) is 3. The van der Waals surface area contributed by atoms with E-state index in [-0.39, 0.29) is 23.9 Å². The zero-order valence-corrected chi connectivity index (χ0v) is 23.9. The number of anilines is 1. The minimum absolute atomic E-state index is 0.0587. The lowest BCUT2D eigenvalue weighted by atomic mass is 9.92. The van der Waals surface area contributed by atoms with Gasteiger partial charge < -0.3 is 26.2 Å². The van der Waals surface area contributed by atoms with Crippen molar-refractivity contribution in [2.24, 2.45) is 11.7 Å². The Labute approximate surface area is 236 Å². The molecule has 1 aromatic carbocycles. The van der Waals surface area contributed by atoms with E-state index < -0.39 is 5.91 Å². The number of pyridine rings is 1. The third-order valence-electron chi connectivity index (χ3n) is 9.04. The van der Waals surface area contributed by atoms with Crippen LogP contribution in [0.25, 0.3) is 0 Å². The van der Waals surface area contributed by atoms with E-state index in [1.165, 1.54) is 0 Å². The van der Waals surface area contributed by atoms with Crippen LogP contribution in [0.4, 0.5) is 5.82 Å². The molecule has 9 nitrogen and oxygen atoms in total. The standard InChI is InChI=1S/C31H42N6O3/c1-4-36-11-6-8-23(18-36)34-30(39)22-9-10-28(33-17-22)37-12-5-7-21-15-24(16-27(21)37)35-31(40)26-14-19(2)25(29(32)38)13-20(26)3/h9-10,13-14,17,21,23-24,27H,4-8,11-12,15-16,18H2,1-3H3,(H2,32,38)(H,34,39)(H,35,40)/t21?,23-,24?,27?/m1/s1. The number of aryl methyl sites for hydroxylation is 2. The predicted molar refractivity (Wildman–Crippen MR) is 156 cm³/mol. The molecule has 3 amide bonds. The zero-order chi connectivity index (χ0) is 28.4. The molecule has 0 bridgehead atoms. The monoisotopic (exact) mass is 546 g/mol. The Morgan fingerprint density at radius 3 is 2.40 bits per heavy atom. The first-order chi connectivity index (χ1) is 19.2. The van der Waals surface area contributed by atoms with Crippen LogP contribution in [0.15, 0.2) is 30.5 Å². The minimum Gasteiger partial charge on any atom is -0.366 e. The van der Waals surface area contributed by atoms with Gasteiger partial charge in [-0.15, -0.1) is 0 Å².